The van der Waals surface area contributed by atoms with Crippen LogP contribution in [0.4, 0.5) is 22.1 Å². The number of aliphatic imine (C=N–C) groups is 1. The molecule has 5 rings (SSSR count). The molecule has 1 fully saturated rings. The van der Waals surface area contributed by atoms with Gasteiger partial charge in [-0.1, -0.05) is 65.1 Å². The number of carbonyl (C=O) groups is 1. The highest BCUT2D eigenvalue weighted by atomic mass is 31.1. The van der Waals surface area contributed by atoms with Crippen LogP contribution in [-0.4, -0.2) is 59.5 Å². The second kappa shape index (κ2) is 14.3. The lowest BCUT2D eigenvalue weighted by molar-refractivity contribution is 0.256. The quantitative estimate of drug-likeness (QED) is 0.0982. The molecular formula is C35H42N7O3P. The zero-order valence-corrected chi connectivity index (χ0v) is 27.9. The Morgan fingerprint density at radius 2 is 1.85 bits per heavy atom. The van der Waals surface area contributed by atoms with Gasteiger partial charge in [-0.15, -0.1) is 0 Å². The van der Waals surface area contributed by atoms with Crippen LogP contribution in [0.3, 0.4) is 0 Å². The molecule has 0 radical (unpaired) electrons. The summed E-state index contributed by atoms with van der Waals surface area (Å²) in [6, 6.07) is 20.5. The minimum Gasteiger partial charge on any atom is -0.438 e. The van der Waals surface area contributed by atoms with Gasteiger partial charge in [0.05, 0.1) is 24.0 Å². The third-order valence-electron chi connectivity index (χ3n) is 7.82. The van der Waals surface area contributed by atoms with Crippen LogP contribution in [0.1, 0.15) is 33.6 Å². The Bertz CT molecular complexity index is 1750. The molecule has 0 spiro atoms. The molecule has 3 aromatic carbocycles. The Morgan fingerprint density at radius 1 is 1.11 bits per heavy atom. The second-order valence-corrected chi connectivity index (χ2v) is 14.8. The van der Waals surface area contributed by atoms with Crippen molar-refractivity contribution in [1.82, 2.24) is 15.3 Å². The monoisotopic (exact) mass is 639 g/mol. The largest absolute Gasteiger partial charge is 0.438 e. The highest BCUT2D eigenvalue weighted by molar-refractivity contribution is 7.64. The van der Waals surface area contributed by atoms with Crippen molar-refractivity contribution in [3.05, 3.63) is 84.7 Å². The van der Waals surface area contributed by atoms with Gasteiger partial charge in [0.2, 0.25) is 11.8 Å². The van der Waals surface area contributed by atoms with Gasteiger partial charge < -0.3 is 25.8 Å². The van der Waals surface area contributed by atoms with Gasteiger partial charge in [-0.2, -0.15) is 4.98 Å². The number of aliphatic hydroxyl groups excluding tert-OH is 1. The molecule has 1 aliphatic rings. The van der Waals surface area contributed by atoms with Crippen LogP contribution in [0.25, 0.3) is 10.8 Å². The van der Waals surface area contributed by atoms with Crippen LogP contribution >= 0.6 is 7.92 Å². The van der Waals surface area contributed by atoms with Crippen molar-refractivity contribution in [2.24, 2.45) is 16.1 Å². The van der Waals surface area contributed by atoms with E-state index in [-0.39, 0.29) is 26.0 Å². The molecule has 46 heavy (non-hydrogen) atoms. The average molecular weight is 640 g/mol. The van der Waals surface area contributed by atoms with E-state index in [1.807, 2.05) is 62.1 Å². The van der Waals surface area contributed by atoms with Crippen LogP contribution in [0, 0.1) is 5.41 Å². The van der Waals surface area contributed by atoms with Gasteiger partial charge in [-0.25, -0.2) is 14.8 Å². The standard InChI is InChI=1S/C35H42N7O3P/c1-35(2,3)30(36)21-31(38-23-12-14-25(15-13-23)46(4)5)40-34(44)39-28-16-17-29(27-11-7-6-10-26(27)28)45-32-18-19-37-33(41-32)42-20-8-9-24(42)22-43/h6-7,10-19,21,24,43H,8-9,20,22,36H2,1-5H3,(H2,38,39,40,44). The average Bonchev–Trinajstić information content (AvgIpc) is 3.51. The van der Waals surface area contributed by atoms with Gasteiger partial charge in [0.25, 0.3) is 0 Å². The van der Waals surface area contributed by atoms with Gasteiger partial charge in [-0.05, 0) is 55.7 Å². The number of rotatable bonds is 8. The second-order valence-electron chi connectivity index (χ2n) is 12.5. The van der Waals surface area contributed by atoms with Crippen molar-refractivity contribution >= 4 is 53.2 Å². The number of nitrogens with one attached hydrogen (secondary N) is 2. The lowest BCUT2D eigenvalue weighted by Crippen LogP contribution is -2.34. The van der Waals surface area contributed by atoms with Crippen LogP contribution in [-0.2, 0) is 0 Å². The summed E-state index contributed by atoms with van der Waals surface area (Å²) in [5, 5.41) is 18.5. The summed E-state index contributed by atoms with van der Waals surface area (Å²) in [5.74, 6) is 1.84. The van der Waals surface area contributed by atoms with Gasteiger partial charge >= 0.3 is 6.03 Å². The number of aromatic nitrogens is 2. The summed E-state index contributed by atoms with van der Waals surface area (Å²) < 4.78 is 6.24. The minimum absolute atomic E-state index is 0.00432. The zero-order valence-electron chi connectivity index (χ0n) is 27.0. The van der Waals surface area contributed by atoms with E-state index in [4.69, 9.17) is 15.5 Å². The normalized spacial score (nSPS) is 15.8. The van der Waals surface area contributed by atoms with Crippen LogP contribution in [0.5, 0.6) is 11.6 Å². The van der Waals surface area contributed by atoms with E-state index in [2.05, 4.69) is 46.1 Å². The van der Waals surface area contributed by atoms with Crippen molar-refractivity contribution in [1.29, 1.82) is 0 Å². The summed E-state index contributed by atoms with van der Waals surface area (Å²) in [4.78, 5) is 29.1. The number of carbonyl (C=O) groups excluding carboxylic acids is 1. The van der Waals surface area contributed by atoms with Crippen molar-refractivity contribution in [3.63, 3.8) is 0 Å². The van der Waals surface area contributed by atoms with Crippen molar-refractivity contribution in [2.45, 2.75) is 39.7 Å². The zero-order chi connectivity index (χ0) is 32.8. The maximum absolute atomic E-state index is 13.4. The number of amides is 2. The van der Waals surface area contributed by atoms with Gasteiger partial charge in [0.15, 0.2) is 0 Å². The number of benzene rings is 3. The first-order valence-corrected chi connectivity index (χ1v) is 17.6. The lowest BCUT2D eigenvalue weighted by Gasteiger charge is -2.23. The number of allylic oxidation sites excluding steroid dienone is 1. The first-order valence-electron chi connectivity index (χ1n) is 15.3. The third kappa shape index (κ3) is 8.00. The number of amidine groups is 1. The predicted octanol–water partition coefficient (Wildman–Crippen LogP) is 6.49. The Labute approximate surface area is 271 Å². The van der Waals surface area contributed by atoms with Crippen LogP contribution in [0.15, 0.2) is 89.7 Å². The SMILES string of the molecule is CP(C)c1ccc(N=C(C=C(N)C(C)(C)C)NC(=O)Nc2ccc(Oc3ccnc(N4CCCC4CO)n3)c3ccccc23)cc1. The number of urea groups is 1. The maximum atomic E-state index is 13.4. The smallest absolute Gasteiger partial charge is 0.324 e. The molecular weight excluding hydrogens is 597 g/mol. The number of hydrogen-bond donors (Lipinski definition) is 4. The molecule has 0 bridgehead atoms. The lowest BCUT2D eigenvalue weighted by atomic mass is 9.92. The first-order chi connectivity index (χ1) is 22.0. The highest BCUT2D eigenvalue weighted by Crippen LogP contribution is 2.35. The Hall–Kier alpha value is -4.53. The number of nitrogens with two attached hydrogens (primary N) is 1. The molecule has 0 aliphatic carbocycles. The fraction of sp³-hybridized carbons (Fsp3) is 0.314. The molecule has 4 aromatic rings. The number of anilines is 2. The molecule has 11 heteroatoms. The Kier molecular flexibility index (Phi) is 10.2. The summed E-state index contributed by atoms with van der Waals surface area (Å²) >= 11 is 0. The summed E-state index contributed by atoms with van der Waals surface area (Å²) in [6.45, 7) is 11.3. The summed E-state index contributed by atoms with van der Waals surface area (Å²) in [5.41, 5.74) is 7.97. The first kappa shape index (κ1) is 32.9. The molecule has 1 unspecified atom stereocenters. The number of hydrogen-bond acceptors (Lipinski definition) is 8. The number of fused-ring (bicyclic) bond motifs is 1. The van der Waals surface area contributed by atoms with E-state index in [1.54, 1.807) is 30.5 Å². The van der Waals surface area contributed by atoms with E-state index in [9.17, 15) is 9.90 Å². The van der Waals surface area contributed by atoms with E-state index in [0.717, 1.165) is 30.2 Å². The molecule has 1 saturated heterocycles. The van der Waals surface area contributed by atoms with Crippen molar-refractivity contribution in [3.8, 4) is 11.6 Å². The molecule has 0 saturated carbocycles. The molecule has 10 nitrogen and oxygen atoms in total. The predicted molar refractivity (Wildman–Crippen MR) is 189 cm³/mol. The molecule has 240 valence electrons. The number of aliphatic hydroxyl groups is 1. The van der Waals surface area contributed by atoms with Gasteiger partial charge in [-0.3, -0.25) is 5.32 Å². The summed E-state index contributed by atoms with van der Waals surface area (Å²) in [6.07, 6.45) is 5.24. The number of nitrogens with zero attached hydrogens (tertiary/aromatic N) is 4. The molecule has 2 amide bonds. The maximum Gasteiger partial charge on any atom is 0.324 e. The van der Waals surface area contributed by atoms with E-state index in [1.165, 1.54) is 5.30 Å². The molecule has 1 aromatic heterocycles. The van der Waals surface area contributed by atoms with Crippen LogP contribution < -0.4 is 31.3 Å². The van der Waals surface area contributed by atoms with Crippen LogP contribution in [0.2, 0.25) is 0 Å². The Balaban J connectivity index is 1.38. The van der Waals surface area contributed by atoms with E-state index >= 15 is 0 Å². The molecule has 1 aliphatic heterocycles. The van der Waals surface area contributed by atoms with Crippen molar-refractivity contribution < 1.29 is 14.6 Å². The topological polar surface area (TPSA) is 138 Å². The van der Waals surface area contributed by atoms with Gasteiger partial charge in [0, 0.05) is 46.8 Å². The minimum atomic E-state index is -0.456. The van der Waals surface area contributed by atoms with Gasteiger partial charge in [0.1, 0.15) is 11.6 Å². The highest BCUT2D eigenvalue weighted by Gasteiger charge is 2.26. The summed E-state index contributed by atoms with van der Waals surface area (Å²) in [7, 11) is -0.224. The van der Waals surface area contributed by atoms with E-state index in [0.29, 0.717) is 40.5 Å². The Morgan fingerprint density at radius 3 is 2.54 bits per heavy atom. The number of ether oxygens (including phenoxy) is 1. The van der Waals surface area contributed by atoms with Crippen molar-refractivity contribution in [2.75, 3.05) is 36.7 Å². The fourth-order valence-electron chi connectivity index (χ4n) is 5.09. The molecule has 5 N–H and O–H groups in total. The third-order valence-corrected chi connectivity index (χ3v) is 9.16. The fourth-order valence-corrected chi connectivity index (χ4v) is 5.84. The molecule has 2 heterocycles. The molecule has 1 atom stereocenters. The van der Waals surface area contributed by atoms with E-state index < -0.39 is 6.03 Å².